The zero-order valence-corrected chi connectivity index (χ0v) is 18.5. The summed E-state index contributed by atoms with van der Waals surface area (Å²) in [7, 11) is 1.21. The highest BCUT2D eigenvalue weighted by Gasteiger charge is 2.33. The minimum Gasteiger partial charge on any atom is -0.469 e. The van der Waals surface area contributed by atoms with Crippen LogP contribution >= 0.6 is 0 Å². The van der Waals surface area contributed by atoms with Crippen molar-refractivity contribution in [3.8, 4) is 0 Å². The van der Waals surface area contributed by atoms with E-state index in [9.17, 15) is 19.2 Å². The van der Waals surface area contributed by atoms with Crippen LogP contribution in [0.3, 0.4) is 0 Å². The fraction of sp³-hybridized carbons (Fsp3) is 0.565. The van der Waals surface area contributed by atoms with Gasteiger partial charge in [-0.15, -0.1) is 0 Å². The Kier molecular flexibility index (Phi) is 8.61. The van der Waals surface area contributed by atoms with Crippen molar-refractivity contribution in [2.24, 2.45) is 5.92 Å². The van der Waals surface area contributed by atoms with Crippen molar-refractivity contribution in [1.82, 2.24) is 15.1 Å². The first-order valence-corrected chi connectivity index (χ1v) is 11.0. The Morgan fingerprint density at radius 1 is 1.03 bits per heavy atom. The zero-order valence-electron chi connectivity index (χ0n) is 18.5. The molecule has 32 heavy (non-hydrogen) atoms. The number of carbonyl (C=O) groups excluding carboxylic acids is 4. The number of methoxy groups -OCH3 is 1. The van der Waals surface area contributed by atoms with Gasteiger partial charge in [-0.25, -0.2) is 0 Å². The van der Waals surface area contributed by atoms with E-state index in [1.807, 2.05) is 35.2 Å². The largest absolute Gasteiger partial charge is 0.469 e. The van der Waals surface area contributed by atoms with Gasteiger partial charge in [-0.05, 0) is 18.4 Å². The molecule has 1 N–H and O–H groups in total. The Bertz CT molecular complexity index is 801. The van der Waals surface area contributed by atoms with Crippen LogP contribution in [0.2, 0.25) is 0 Å². The second-order valence-corrected chi connectivity index (χ2v) is 8.10. The van der Waals surface area contributed by atoms with Gasteiger partial charge in [-0.2, -0.15) is 0 Å². The molecule has 2 fully saturated rings. The number of ether oxygens (including phenoxy) is 2. The Hall–Kier alpha value is -2.94. The molecular weight excluding hydrogens is 414 g/mol. The summed E-state index contributed by atoms with van der Waals surface area (Å²) in [6, 6.07) is 8.61. The van der Waals surface area contributed by atoms with Gasteiger partial charge in [-0.1, -0.05) is 30.3 Å². The lowest BCUT2D eigenvalue weighted by atomic mass is 9.94. The third-order valence-electron chi connectivity index (χ3n) is 5.93. The molecule has 3 amide bonds. The summed E-state index contributed by atoms with van der Waals surface area (Å²) in [5, 5.41) is 2.69. The number of piperidine rings is 1. The maximum absolute atomic E-state index is 13.3. The lowest BCUT2D eigenvalue weighted by molar-refractivity contribution is -0.146. The highest BCUT2D eigenvalue weighted by atomic mass is 16.5. The van der Waals surface area contributed by atoms with E-state index < -0.39 is 24.3 Å². The van der Waals surface area contributed by atoms with Crippen LogP contribution in [0, 0.1) is 5.92 Å². The molecule has 1 aromatic carbocycles. The van der Waals surface area contributed by atoms with Gasteiger partial charge in [0.05, 0.1) is 20.3 Å². The SMILES string of the molecule is COC(=O)CC(=O)N[C@H](Cc1ccccc1)C(=O)N1CCC(C(=O)N2CCOCC2)CC1. The highest BCUT2D eigenvalue weighted by molar-refractivity contribution is 5.96. The van der Waals surface area contributed by atoms with Crippen molar-refractivity contribution >= 4 is 23.7 Å². The van der Waals surface area contributed by atoms with E-state index >= 15 is 0 Å². The molecule has 9 nitrogen and oxygen atoms in total. The molecule has 2 aliphatic rings. The van der Waals surface area contributed by atoms with Gasteiger partial charge in [0, 0.05) is 38.5 Å². The first-order valence-electron chi connectivity index (χ1n) is 11.0. The second kappa shape index (κ2) is 11.6. The predicted molar refractivity (Wildman–Crippen MR) is 115 cm³/mol. The van der Waals surface area contributed by atoms with Crippen molar-refractivity contribution in [3.63, 3.8) is 0 Å². The van der Waals surface area contributed by atoms with Crippen molar-refractivity contribution in [3.05, 3.63) is 35.9 Å². The van der Waals surface area contributed by atoms with Gasteiger partial charge in [0.25, 0.3) is 0 Å². The van der Waals surface area contributed by atoms with Crippen LogP contribution in [0.1, 0.15) is 24.8 Å². The molecule has 1 atom stereocenters. The molecule has 0 spiro atoms. The molecule has 3 rings (SSSR count). The van der Waals surface area contributed by atoms with Crippen LogP contribution in [-0.2, 0) is 35.1 Å². The monoisotopic (exact) mass is 445 g/mol. The Morgan fingerprint density at radius 2 is 1.69 bits per heavy atom. The number of hydrogen-bond donors (Lipinski definition) is 1. The Balaban J connectivity index is 1.60. The maximum atomic E-state index is 13.3. The summed E-state index contributed by atoms with van der Waals surface area (Å²) in [6.45, 7) is 3.27. The van der Waals surface area contributed by atoms with Crippen molar-refractivity contribution in [2.75, 3.05) is 46.5 Å². The summed E-state index contributed by atoms with van der Waals surface area (Å²) >= 11 is 0. The number of hydrogen-bond acceptors (Lipinski definition) is 6. The van der Waals surface area contributed by atoms with E-state index in [0.717, 1.165) is 5.56 Å². The molecule has 0 radical (unpaired) electrons. The first-order chi connectivity index (χ1) is 15.5. The van der Waals surface area contributed by atoms with Crippen molar-refractivity contribution in [1.29, 1.82) is 0 Å². The van der Waals surface area contributed by atoms with Crippen LogP contribution in [0.25, 0.3) is 0 Å². The van der Waals surface area contributed by atoms with E-state index in [-0.39, 0.29) is 17.7 Å². The molecule has 0 bridgehead atoms. The summed E-state index contributed by atoms with van der Waals surface area (Å²) in [5.74, 6) is -1.38. The average molecular weight is 446 g/mol. The van der Waals surface area contributed by atoms with Crippen molar-refractivity contribution < 1.29 is 28.7 Å². The smallest absolute Gasteiger partial charge is 0.315 e. The number of likely N-dealkylation sites (tertiary alicyclic amines) is 1. The van der Waals surface area contributed by atoms with Gasteiger partial charge >= 0.3 is 5.97 Å². The molecule has 9 heteroatoms. The minimum absolute atomic E-state index is 0.0985. The van der Waals surface area contributed by atoms with Gasteiger partial charge in [0.15, 0.2) is 0 Å². The standard InChI is InChI=1S/C23H31N3O6/c1-31-21(28)16-20(27)24-19(15-17-5-3-2-4-6-17)23(30)25-9-7-18(8-10-25)22(29)26-11-13-32-14-12-26/h2-6,18-19H,7-16H2,1H3,(H,24,27)/t19-/m1/s1. The minimum atomic E-state index is -0.791. The topological polar surface area (TPSA) is 105 Å². The van der Waals surface area contributed by atoms with Crippen LogP contribution < -0.4 is 5.32 Å². The number of nitrogens with zero attached hydrogens (tertiary/aromatic N) is 2. The fourth-order valence-corrected chi connectivity index (χ4v) is 4.11. The molecule has 0 aromatic heterocycles. The lowest BCUT2D eigenvalue weighted by Crippen LogP contribution is -2.53. The lowest BCUT2D eigenvalue weighted by Gasteiger charge is -2.36. The average Bonchev–Trinajstić information content (AvgIpc) is 2.84. The maximum Gasteiger partial charge on any atom is 0.315 e. The van der Waals surface area contributed by atoms with Gasteiger partial charge in [-0.3, -0.25) is 19.2 Å². The Labute approximate surface area is 188 Å². The third-order valence-corrected chi connectivity index (χ3v) is 5.93. The first kappa shape index (κ1) is 23.7. The highest BCUT2D eigenvalue weighted by Crippen LogP contribution is 2.21. The summed E-state index contributed by atoms with van der Waals surface area (Å²) in [6.07, 6.45) is 1.07. The van der Waals surface area contributed by atoms with Crippen LogP contribution in [0.5, 0.6) is 0 Å². The fourth-order valence-electron chi connectivity index (χ4n) is 4.11. The Morgan fingerprint density at radius 3 is 2.31 bits per heavy atom. The van der Waals surface area contributed by atoms with Crippen LogP contribution in [0.15, 0.2) is 30.3 Å². The van der Waals surface area contributed by atoms with E-state index in [4.69, 9.17) is 4.74 Å². The van der Waals surface area contributed by atoms with Crippen LogP contribution in [0.4, 0.5) is 0 Å². The number of carbonyl (C=O) groups is 4. The molecule has 2 saturated heterocycles. The molecule has 0 aliphatic carbocycles. The van der Waals surface area contributed by atoms with Gasteiger partial charge < -0.3 is 24.6 Å². The number of esters is 1. The molecule has 2 heterocycles. The van der Waals surface area contributed by atoms with E-state index in [0.29, 0.717) is 58.7 Å². The van der Waals surface area contributed by atoms with E-state index in [1.54, 1.807) is 4.90 Å². The number of rotatable bonds is 7. The normalized spacial score (nSPS) is 18.0. The van der Waals surface area contributed by atoms with Crippen molar-refractivity contribution in [2.45, 2.75) is 31.7 Å². The molecule has 1 aromatic rings. The second-order valence-electron chi connectivity index (χ2n) is 8.10. The molecule has 174 valence electrons. The molecule has 0 unspecified atom stereocenters. The quantitative estimate of drug-likeness (QED) is 0.480. The molecule has 0 saturated carbocycles. The number of benzene rings is 1. The number of morpholine rings is 1. The van der Waals surface area contributed by atoms with E-state index in [1.165, 1.54) is 7.11 Å². The summed E-state index contributed by atoms with van der Waals surface area (Å²) in [5.41, 5.74) is 0.904. The summed E-state index contributed by atoms with van der Waals surface area (Å²) in [4.78, 5) is 53.3. The van der Waals surface area contributed by atoms with Gasteiger partial charge in [0.1, 0.15) is 12.5 Å². The predicted octanol–water partition coefficient (Wildman–Crippen LogP) is 0.374. The zero-order chi connectivity index (χ0) is 22.9. The molecule has 2 aliphatic heterocycles. The third kappa shape index (κ3) is 6.53. The number of amides is 3. The number of nitrogens with one attached hydrogen (secondary N) is 1. The van der Waals surface area contributed by atoms with E-state index in [2.05, 4.69) is 10.1 Å². The molecular formula is C23H31N3O6. The van der Waals surface area contributed by atoms with Gasteiger partial charge in [0.2, 0.25) is 17.7 Å². The van der Waals surface area contributed by atoms with Crippen LogP contribution in [-0.4, -0.2) is 86.0 Å². The summed E-state index contributed by atoms with van der Waals surface area (Å²) < 4.78 is 9.86.